The molecule has 0 aliphatic carbocycles. The topological polar surface area (TPSA) is 85.1 Å². The van der Waals surface area contributed by atoms with Crippen LogP contribution in [-0.2, 0) is 11.2 Å². The van der Waals surface area contributed by atoms with Crippen LogP contribution in [0.3, 0.4) is 0 Å². The van der Waals surface area contributed by atoms with Gasteiger partial charge in [-0.1, -0.05) is 6.92 Å². The van der Waals surface area contributed by atoms with Gasteiger partial charge in [-0.3, -0.25) is 0 Å². The summed E-state index contributed by atoms with van der Waals surface area (Å²) in [6.45, 7) is 7.80. The van der Waals surface area contributed by atoms with Gasteiger partial charge in [0.25, 0.3) is 0 Å². The lowest BCUT2D eigenvalue weighted by Gasteiger charge is -2.35. The van der Waals surface area contributed by atoms with Crippen molar-refractivity contribution in [3.63, 3.8) is 0 Å². The summed E-state index contributed by atoms with van der Waals surface area (Å²) in [5, 5.41) is 3.53. The van der Waals surface area contributed by atoms with E-state index in [1.807, 2.05) is 6.92 Å². The van der Waals surface area contributed by atoms with Crippen molar-refractivity contribution >= 4 is 11.6 Å². The first-order chi connectivity index (χ1) is 9.58. The summed E-state index contributed by atoms with van der Waals surface area (Å²) < 4.78 is 5.59. The average Bonchev–Trinajstić information content (AvgIpc) is 2.43. The van der Waals surface area contributed by atoms with Gasteiger partial charge < -0.3 is 15.5 Å². The highest BCUT2D eigenvalue weighted by Crippen LogP contribution is 2.27. The Morgan fingerprint density at radius 1 is 1.35 bits per heavy atom. The number of aryl methyl sites for hydroxylation is 1. The molecule has 2 rings (SSSR count). The first-order valence-corrected chi connectivity index (χ1v) is 7.28. The molecule has 6 heteroatoms. The third-order valence-corrected chi connectivity index (χ3v) is 3.66. The second-order valence-corrected chi connectivity index (χ2v) is 5.70. The molecule has 112 valence electrons. The molecule has 2 heterocycles. The average molecular weight is 279 g/mol. The zero-order valence-electron chi connectivity index (χ0n) is 12.6. The molecule has 0 aromatic carbocycles. The minimum atomic E-state index is -0.0767. The molecular weight excluding hydrogens is 254 g/mol. The number of nitrogens with two attached hydrogens (primary N) is 1. The summed E-state index contributed by atoms with van der Waals surface area (Å²) in [7, 11) is 0. The minimum absolute atomic E-state index is 0.0767. The van der Waals surface area contributed by atoms with Crippen LogP contribution in [0.2, 0.25) is 0 Å². The highest BCUT2D eigenvalue weighted by molar-refractivity contribution is 5.57. The van der Waals surface area contributed by atoms with Crippen LogP contribution in [0.15, 0.2) is 0 Å². The van der Waals surface area contributed by atoms with Crippen LogP contribution in [0, 0.1) is 6.92 Å². The molecule has 1 aliphatic rings. The van der Waals surface area contributed by atoms with E-state index in [4.69, 9.17) is 10.6 Å². The molecule has 1 aliphatic heterocycles. The van der Waals surface area contributed by atoms with Crippen LogP contribution in [0.1, 0.15) is 44.5 Å². The number of hydrazine groups is 1. The van der Waals surface area contributed by atoms with E-state index < -0.39 is 0 Å². The highest BCUT2D eigenvalue weighted by Gasteiger charge is 2.28. The number of nitrogens with one attached hydrogen (secondary N) is 2. The molecule has 1 aromatic heterocycles. The van der Waals surface area contributed by atoms with Crippen molar-refractivity contribution in [1.82, 2.24) is 9.97 Å². The summed E-state index contributed by atoms with van der Waals surface area (Å²) in [5.74, 6) is 7.91. The molecule has 20 heavy (non-hydrogen) atoms. The van der Waals surface area contributed by atoms with Crippen molar-refractivity contribution in [2.45, 2.75) is 52.0 Å². The van der Waals surface area contributed by atoms with Gasteiger partial charge in [0.1, 0.15) is 17.5 Å². The molecule has 1 atom stereocenters. The summed E-state index contributed by atoms with van der Waals surface area (Å²) in [6.07, 6.45) is 3.99. The van der Waals surface area contributed by atoms with E-state index in [0.717, 1.165) is 49.5 Å². The van der Waals surface area contributed by atoms with Crippen molar-refractivity contribution in [1.29, 1.82) is 0 Å². The number of ether oxygens (including phenoxy) is 1. The molecule has 4 N–H and O–H groups in total. The minimum Gasteiger partial charge on any atom is -0.379 e. The summed E-state index contributed by atoms with van der Waals surface area (Å²) in [4.78, 5) is 9.08. The molecule has 1 unspecified atom stereocenters. The monoisotopic (exact) mass is 279 g/mol. The van der Waals surface area contributed by atoms with E-state index in [9.17, 15) is 0 Å². The van der Waals surface area contributed by atoms with Crippen molar-refractivity contribution in [2.75, 3.05) is 24.0 Å². The van der Waals surface area contributed by atoms with Crippen LogP contribution in [-0.4, -0.2) is 28.7 Å². The fourth-order valence-corrected chi connectivity index (χ4v) is 2.48. The van der Waals surface area contributed by atoms with Gasteiger partial charge in [0.15, 0.2) is 0 Å². The van der Waals surface area contributed by atoms with Crippen LogP contribution in [0.25, 0.3) is 0 Å². The molecule has 1 fully saturated rings. The van der Waals surface area contributed by atoms with Gasteiger partial charge >= 0.3 is 0 Å². The van der Waals surface area contributed by atoms with Crippen LogP contribution >= 0.6 is 0 Å². The van der Waals surface area contributed by atoms with E-state index in [0.29, 0.717) is 12.4 Å². The summed E-state index contributed by atoms with van der Waals surface area (Å²) in [5.41, 5.74) is 3.53. The second-order valence-electron chi connectivity index (χ2n) is 5.70. The van der Waals surface area contributed by atoms with Crippen molar-refractivity contribution in [2.24, 2.45) is 5.84 Å². The Hall–Kier alpha value is -1.40. The van der Waals surface area contributed by atoms with E-state index >= 15 is 0 Å². The molecule has 0 saturated carbocycles. The Morgan fingerprint density at radius 2 is 2.10 bits per heavy atom. The molecule has 1 aromatic rings. The van der Waals surface area contributed by atoms with Gasteiger partial charge in [-0.15, -0.1) is 0 Å². The molecule has 0 radical (unpaired) electrons. The maximum atomic E-state index is 5.59. The second kappa shape index (κ2) is 6.37. The fourth-order valence-electron chi connectivity index (χ4n) is 2.48. The predicted octanol–water partition coefficient (Wildman–Crippen LogP) is 2.00. The molecule has 6 nitrogen and oxygen atoms in total. The van der Waals surface area contributed by atoms with E-state index in [2.05, 4.69) is 34.6 Å². The zero-order valence-corrected chi connectivity index (χ0v) is 12.6. The van der Waals surface area contributed by atoms with E-state index in [1.165, 1.54) is 0 Å². The zero-order chi connectivity index (χ0) is 14.6. The number of nitrogens with zero attached hydrogens (tertiary/aromatic N) is 2. The van der Waals surface area contributed by atoms with Gasteiger partial charge in [0, 0.05) is 18.6 Å². The summed E-state index contributed by atoms with van der Waals surface area (Å²) in [6, 6.07) is 0. The lowest BCUT2D eigenvalue weighted by atomic mass is 9.94. The van der Waals surface area contributed by atoms with Crippen molar-refractivity contribution < 1.29 is 4.74 Å². The number of hydrogen-bond acceptors (Lipinski definition) is 6. The first-order valence-electron chi connectivity index (χ1n) is 7.28. The highest BCUT2D eigenvalue weighted by atomic mass is 16.5. The standard InChI is InChI=1S/C14H25N5O/c1-4-6-11-16-12(10(2)13(17-11)19-15)18-14(3)7-5-8-20-9-14/h4-9,15H2,1-3H3,(H2,16,17,18,19). The number of anilines is 2. The largest absolute Gasteiger partial charge is 0.379 e. The summed E-state index contributed by atoms with van der Waals surface area (Å²) >= 11 is 0. The van der Waals surface area contributed by atoms with Crippen molar-refractivity contribution in [3.05, 3.63) is 11.4 Å². The lowest BCUT2D eigenvalue weighted by Crippen LogP contribution is -2.43. The number of aromatic nitrogens is 2. The quantitative estimate of drug-likeness (QED) is 0.564. The SMILES string of the molecule is CCCc1nc(NN)c(C)c(NC2(C)CCCOC2)n1. The van der Waals surface area contributed by atoms with Gasteiger partial charge in [0.05, 0.1) is 12.1 Å². The molecular formula is C14H25N5O. The molecule has 1 saturated heterocycles. The van der Waals surface area contributed by atoms with E-state index in [1.54, 1.807) is 0 Å². The van der Waals surface area contributed by atoms with Crippen molar-refractivity contribution in [3.8, 4) is 0 Å². The third-order valence-electron chi connectivity index (χ3n) is 3.66. The first kappa shape index (κ1) is 15.0. The van der Waals surface area contributed by atoms with Crippen LogP contribution < -0.4 is 16.6 Å². The number of hydrogen-bond donors (Lipinski definition) is 3. The number of rotatable bonds is 5. The van der Waals surface area contributed by atoms with Crippen LogP contribution in [0.4, 0.5) is 11.6 Å². The molecule has 0 amide bonds. The Bertz CT molecular complexity index is 457. The molecule has 0 spiro atoms. The fraction of sp³-hybridized carbons (Fsp3) is 0.714. The van der Waals surface area contributed by atoms with Crippen LogP contribution in [0.5, 0.6) is 0 Å². The third kappa shape index (κ3) is 3.37. The Labute approximate surface area is 120 Å². The number of nitrogen functional groups attached to an aromatic ring is 1. The predicted molar refractivity (Wildman–Crippen MR) is 80.7 cm³/mol. The lowest BCUT2D eigenvalue weighted by molar-refractivity contribution is 0.0538. The van der Waals surface area contributed by atoms with Gasteiger partial charge in [-0.2, -0.15) is 0 Å². The Morgan fingerprint density at radius 3 is 2.70 bits per heavy atom. The smallest absolute Gasteiger partial charge is 0.148 e. The molecule has 0 bridgehead atoms. The van der Waals surface area contributed by atoms with Gasteiger partial charge in [-0.05, 0) is 33.1 Å². The maximum Gasteiger partial charge on any atom is 0.148 e. The van der Waals surface area contributed by atoms with Gasteiger partial charge in [-0.25, -0.2) is 15.8 Å². The van der Waals surface area contributed by atoms with E-state index in [-0.39, 0.29) is 5.54 Å². The van der Waals surface area contributed by atoms with Gasteiger partial charge in [0.2, 0.25) is 0 Å². The Balaban J connectivity index is 2.26. The normalized spacial score (nSPS) is 22.6. The maximum absolute atomic E-state index is 5.59. The Kier molecular flexibility index (Phi) is 4.77.